The van der Waals surface area contributed by atoms with Crippen LogP contribution in [0.15, 0.2) is 35.7 Å². The summed E-state index contributed by atoms with van der Waals surface area (Å²) in [6, 6.07) is 9.33. The largest absolute Gasteiger partial charge is 0.493 e. The lowest BCUT2D eigenvalue weighted by Crippen LogP contribution is -2.38. The fourth-order valence-electron chi connectivity index (χ4n) is 3.75. The number of nitrogens with one attached hydrogen (secondary N) is 2. The third-order valence-electron chi connectivity index (χ3n) is 5.45. The predicted octanol–water partition coefficient (Wildman–Crippen LogP) is 3.30. The summed E-state index contributed by atoms with van der Waals surface area (Å²) in [5.41, 5.74) is 0.510. The first-order valence-corrected chi connectivity index (χ1v) is 12.0. The lowest BCUT2D eigenvalue weighted by atomic mass is 9.96. The van der Waals surface area contributed by atoms with Crippen LogP contribution >= 0.6 is 11.3 Å². The van der Waals surface area contributed by atoms with Gasteiger partial charge in [-0.2, -0.15) is 0 Å². The lowest BCUT2D eigenvalue weighted by molar-refractivity contribution is -0.123. The summed E-state index contributed by atoms with van der Waals surface area (Å²) >= 11 is 1.80. The molecule has 1 fully saturated rings. The second kappa shape index (κ2) is 11.9. The number of piperidine rings is 1. The van der Waals surface area contributed by atoms with Crippen LogP contribution in [0.2, 0.25) is 0 Å². The fourth-order valence-corrected chi connectivity index (χ4v) is 4.49. The molecule has 2 heterocycles. The van der Waals surface area contributed by atoms with Gasteiger partial charge < -0.3 is 20.1 Å². The zero-order chi connectivity index (χ0) is 22.9. The summed E-state index contributed by atoms with van der Waals surface area (Å²) in [7, 11) is 1.52. The number of hydrogen-bond acceptors (Lipinski definition) is 6. The molecule has 0 aliphatic carbocycles. The summed E-state index contributed by atoms with van der Waals surface area (Å²) in [4.78, 5) is 28.3. The summed E-state index contributed by atoms with van der Waals surface area (Å²) in [5, 5.41) is 7.95. The summed E-state index contributed by atoms with van der Waals surface area (Å²) in [5.74, 6) is 1.01. The second-order valence-electron chi connectivity index (χ2n) is 8.39. The van der Waals surface area contributed by atoms with E-state index in [0.29, 0.717) is 29.5 Å². The van der Waals surface area contributed by atoms with Crippen molar-refractivity contribution in [3.8, 4) is 11.5 Å². The Labute approximate surface area is 194 Å². The first kappa shape index (κ1) is 24.1. The van der Waals surface area contributed by atoms with Crippen molar-refractivity contribution < 1.29 is 19.1 Å². The van der Waals surface area contributed by atoms with Crippen molar-refractivity contribution in [1.29, 1.82) is 0 Å². The highest BCUT2D eigenvalue weighted by Gasteiger charge is 2.20. The average molecular weight is 460 g/mol. The quantitative estimate of drug-likeness (QED) is 0.570. The molecule has 1 aromatic carbocycles. The van der Waals surface area contributed by atoms with Crippen molar-refractivity contribution >= 4 is 23.2 Å². The van der Waals surface area contributed by atoms with Crippen LogP contribution < -0.4 is 20.1 Å². The maximum absolute atomic E-state index is 12.6. The van der Waals surface area contributed by atoms with E-state index in [4.69, 9.17) is 9.47 Å². The van der Waals surface area contributed by atoms with Crippen molar-refractivity contribution in [2.24, 2.45) is 5.92 Å². The van der Waals surface area contributed by atoms with Gasteiger partial charge in [0.2, 0.25) is 0 Å². The van der Waals surface area contributed by atoms with Gasteiger partial charge in [-0.05, 0) is 75.3 Å². The first-order valence-electron chi connectivity index (χ1n) is 11.1. The fraction of sp³-hybridized carbons (Fsp3) is 0.500. The van der Waals surface area contributed by atoms with Crippen molar-refractivity contribution in [1.82, 2.24) is 15.5 Å². The van der Waals surface area contributed by atoms with Crippen LogP contribution in [-0.4, -0.2) is 56.1 Å². The van der Waals surface area contributed by atoms with Gasteiger partial charge in [0.1, 0.15) is 0 Å². The molecule has 1 saturated heterocycles. The van der Waals surface area contributed by atoms with E-state index in [-0.39, 0.29) is 24.5 Å². The first-order chi connectivity index (χ1) is 15.4. The van der Waals surface area contributed by atoms with Crippen molar-refractivity contribution in [3.05, 3.63) is 46.2 Å². The van der Waals surface area contributed by atoms with Crippen LogP contribution in [0.5, 0.6) is 11.5 Å². The molecule has 1 aliphatic heterocycles. The molecule has 0 saturated carbocycles. The Morgan fingerprint density at radius 2 is 1.97 bits per heavy atom. The number of thiophene rings is 1. The van der Waals surface area contributed by atoms with E-state index >= 15 is 0 Å². The topological polar surface area (TPSA) is 79.9 Å². The molecule has 2 amide bonds. The standard InChI is InChI=1S/C24H33N3O4S/c1-17(2)26-23(28)16-31-21-7-6-19(13-22(21)30-3)24(29)25-14-18-8-10-27(11-9-18)15-20-5-4-12-32-20/h4-7,12-13,17-18H,8-11,14-16H2,1-3H3,(H,25,29)(H,26,28). The number of carbonyl (C=O) groups is 2. The van der Waals surface area contributed by atoms with Crippen molar-refractivity contribution in [2.75, 3.05) is 33.4 Å². The van der Waals surface area contributed by atoms with E-state index in [1.807, 2.05) is 13.8 Å². The Morgan fingerprint density at radius 3 is 2.62 bits per heavy atom. The van der Waals surface area contributed by atoms with Crippen LogP contribution in [-0.2, 0) is 11.3 Å². The van der Waals surface area contributed by atoms with Gasteiger partial charge in [-0.15, -0.1) is 11.3 Å². The molecule has 0 bridgehead atoms. The van der Waals surface area contributed by atoms with Gasteiger partial charge in [0.05, 0.1) is 7.11 Å². The molecule has 174 valence electrons. The molecule has 0 unspecified atom stereocenters. The number of hydrogen-bond donors (Lipinski definition) is 2. The molecular weight excluding hydrogens is 426 g/mol. The lowest BCUT2D eigenvalue weighted by Gasteiger charge is -2.31. The van der Waals surface area contributed by atoms with E-state index in [2.05, 4.69) is 33.0 Å². The Bertz CT molecular complexity index is 877. The van der Waals surface area contributed by atoms with E-state index in [1.165, 1.54) is 12.0 Å². The second-order valence-corrected chi connectivity index (χ2v) is 9.42. The Kier molecular flexibility index (Phi) is 8.93. The minimum Gasteiger partial charge on any atom is -0.493 e. The molecule has 8 heteroatoms. The molecular formula is C24H33N3O4S. The molecule has 0 spiro atoms. The third-order valence-corrected chi connectivity index (χ3v) is 6.31. The van der Waals surface area contributed by atoms with Gasteiger partial charge in [0, 0.05) is 29.6 Å². The average Bonchev–Trinajstić information content (AvgIpc) is 3.29. The zero-order valence-electron chi connectivity index (χ0n) is 19.1. The highest BCUT2D eigenvalue weighted by atomic mass is 32.1. The maximum Gasteiger partial charge on any atom is 0.258 e. The minimum absolute atomic E-state index is 0.0484. The van der Waals surface area contributed by atoms with E-state index in [9.17, 15) is 9.59 Å². The zero-order valence-corrected chi connectivity index (χ0v) is 19.9. The Hall–Kier alpha value is -2.58. The number of carbonyl (C=O) groups excluding carboxylic acids is 2. The SMILES string of the molecule is COc1cc(C(=O)NCC2CCN(Cc3cccs3)CC2)ccc1OCC(=O)NC(C)C. The summed E-state index contributed by atoms with van der Waals surface area (Å²) in [6.07, 6.45) is 2.17. The summed E-state index contributed by atoms with van der Waals surface area (Å²) in [6.45, 7) is 7.48. The molecule has 3 rings (SSSR count). The molecule has 0 radical (unpaired) electrons. The molecule has 7 nitrogen and oxygen atoms in total. The van der Waals surface area contributed by atoms with E-state index in [0.717, 1.165) is 32.5 Å². The number of rotatable bonds is 10. The van der Waals surface area contributed by atoms with E-state index < -0.39 is 0 Å². The van der Waals surface area contributed by atoms with Gasteiger partial charge in [-0.3, -0.25) is 14.5 Å². The highest BCUT2D eigenvalue weighted by molar-refractivity contribution is 7.09. The number of benzene rings is 1. The van der Waals surface area contributed by atoms with Gasteiger partial charge in [0.25, 0.3) is 11.8 Å². The molecule has 1 aromatic heterocycles. The van der Waals surface area contributed by atoms with Gasteiger partial charge in [-0.25, -0.2) is 0 Å². The Morgan fingerprint density at radius 1 is 1.19 bits per heavy atom. The molecule has 32 heavy (non-hydrogen) atoms. The molecule has 2 N–H and O–H groups in total. The van der Waals surface area contributed by atoms with Crippen LogP contribution in [0.4, 0.5) is 0 Å². The van der Waals surface area contributed by atoms with Crippen LogP contribution in [0.1, 0.15) is 41.9 Å². The molecule has 2 aromatic rings. The van der Waals surface area contributed by atoms with Crippen molar-refractivity contribution in [2.45, 2.75) is 39.3 Å². The van der Waals surface area contributed by atoms with Crippen molar-refractivity contribution in [3.63, 3.8) is 0 Å². The number of amides is 2. The number of nitrogens with zero attached hydrogens (tertiary/aromatic N) is 1. The summed E-state index contributed by atoms with van der Waals surface area (Å²) < 4.78 is 10.9. The van der Waals surface area contributed by atoms with Gasteiger partial charge >= 0.3 is 0 Å². The highest BCUT2D eigenvalue weighted by Crippen LogP contribution is 2.28. The number of likely N-dealkylation sites (tertiary alicyclic amines) is 1. The normalized spacial score (nSPS) is 14.9. The van der Waals surface area contributed by atoms with Crippen LogP contribution in [0.3, 0.4) is 0 Å². The van der Waals surface area contributed by atoms with Crippen LogP contribution in [0, 0.1) is 5.92 Å². The third kappa shape index (κ3) is 7.24. The Balaban J connectivity index is 1.45. The predicted molar refractivity (Wildman–Crippen MR) is 126 cm³/mol. The number of ether oxygens (including phenoxy) is 2. The maximum atomic E-state index is 12.6. The minimum atomic E-state index is -0.203. The molecule has 0 atom stereocenters. The van der Waals surface area contributed by atoms with Crippen LogP contribution in [0.25, 0.3) is 0 Å². The monoisotopic (exact) mass is 459 g/mol. The molecule has 1 aliphatic rings. The smallest absolute Gasteiger partial charge is 0.258 e. The van der Waals surface area contributed by atoms with Gasteiger partial charge in [-0.1, -0.05) is 6.07 Å². The number of methoxy groups -OCH3 is 1. The van der Waals surface area contributed by atoms with Gasteiger partial charge in [0.15, 0.2) is 18.1 Å². The van der Waals surface area contributed by atoms with E-state index in [1.54, 1.807) is 29.5 Å².